The van der Waals surface area contributed by atoms with Gasteiger partial charge in [-0.15, -0.1) is 0 Å². The van der Waals surface area contributed by atoms with Crippen LogP contribution in [0.1, 0.15) is 28.0 Å². The minimum Gasteiger partial charge on any atom is -0.485 e. The lowest BCUT2D eigenvalue weighted by Gasteiger charge is -2.21. The summed E-state index contributed by atoms with van der Waals surface area (Å²) in [5.74, 6) is -1.55. The van der Waals surface area contributed by atoms with Crippen LogP contribution in [0, 0.1) is 12.7 Å². The summed E-state index contributed by atoms with van der Waals surface area (Å²) in [5, 5.41) is 4.65. The Bertz CT molecular complexity index is 2360. The average molecular weight is 738 g/mol. The first-order valence-electron chi connectivity index (χ1n) is 15.8. The van der Waals surface area contributed by atoms with E-state index in [0.717, 1.165) is 11.2 Å². The Morgan fingerprint density at radius 2 is 1.87 bits per heavy atom. The van der Waals surface area contributed by atoms with Crippen molar-refractivity contribution in [2.45, 2.75) is 31.9 Å². The van der Waals surface area contributed by atoms with Crippen LogP contribution in [0.5, 0.6) is 17.2 Å². The van der Waals surface area contributed by atoms with Gasteiger partial charge in [-0.25, -0.2) is 40.7 Å². The number of benzene rings is 3. The van der Waals surface area contributed by atoms with Crippen LogP contribution in [0.2, 0.25) is 0 Å². The number of aryl methyl sites for hydroxylation is 1. The monoisotopic (exact) mass is 737 g/mol. The number of nitrogens with zero attached hydrogens (tertiary/aromatic N) is 4. The fourth-order valence-electron chi connectivity index (χ4n) is 6.43. The number of anilines is 2. The van der Waals surface area contributed by atoms with E-state index in [-0.39, 0.29) is 52.7 Å². The summed E-state index contributed by atoms with van der Waals surface area (Å²) in [6.45, 7) is 0.652. The van der Waals surface area contributed by atoms with E-state index in [1.54, 1.807) is 37.3 Å². The van der Waals surface area contributed by atoms with Crippen molar-refractivity contribution in [2.24, 2.45) is 0 Å². The summed E-state index contributed by atoms with van der Waals surface area (Å²) in [4.78, 5) is 45.7. The van der Waals surface area contributed by atoms with E-state index in [1.165, 1.54) is 46.1 Å². The van der Waals surface area contributed by atoms with Gasteiger partial charge in [-0.2, -0.15) is 5.10 Å². The normalized spacial score (nSPS) is 17.4. The summed E-state index contributed by atoms with van der Waals surface area (Å²) in [6.07, 6.45) is -0.598. The highest BCUT2D eigenvalue weighted by atomic mass is 32.2. The molecule has 0 aliphatic carbocycles. The van der Waals surface area contributed by atoms with Crippen LogP contribution in [-0.2, 0) is 14.8 Å². The van der Waals surface area contributed by atoms with Gasteiger partial charge in [0.2, 0.25) is 15.8 Å². The van der Waals surface area contributed by atoms with Gasteiger partial charge in [0.05, 0.1) is 35.1 Å². The summed E-state index contributed by atoms with van der Waals surface area (Å²) < 4.78 is 78.8. The first-order valence-corrected chi connectivity index (χ1v) is 17.7. The molecular formula is C34H30F3N7O7S. The van der Waals surface area contributed by atoms with Crippen LogP contribution < -0.4 is 24.8 Å². The summed E-state index contributed by atoms with van der Waals surface area (Å²) in [6, 6.07) is 12.6. The van der Waals surface area contributed by atoms with Gasteiger partial charge in [0, 0.05) is 23.5 Å². The van der Waals surface area contributed by atoms with Gasteiger partial charge in [0.15, 0.2) is 11.6 Å². The second-order valence-corrected chi connectivity index (χ2v) is 14.2. The SMILES string of the molecule is Cc1cc(Oc2ccccc2F)ccc1-n1ncc(C(=O)c2cc3cc(OCC(F)F)c(N4C(=O)[C@@H]5CC(NS(C)(=O)=O)CN5C4=O)cc3[nH]2)c1N. The lowest BCUT2D eigenvalue weighted by molar-refractivity contribution is -0.119. The van der Waals surface area contributed by atoms with Gasteiger partial charge in [-0.3, -0.25) is 9.59 Å². The molecule has 5 aromatic rings. The molecule has 3 amide bonds. The molecule has 1 unspecified atom stereocenters. The van der Waals surface area contributed by atoms with Crippen molar-refractivity contribution in [3.05, 3.63) is 89.5 Å². The Morgan fingerprint density at radius 3 is 2.56 bits per heavy atom. The number of imide groups is 1. The molecule has 2 saturated heterocycles. The largest absolute Gasteiger partial charge is 0.485 e. The number of ketones is 1. The molecule has 18 heteroatoms. The zero-order valence-corrected chi connectivity index (χ0v) is 28.3. The average Bonchev–Trinajstić information content (AvgIpc) is 3.84. The quantitative estimate of drug-likeness (QED) is 0.130. The van der Waals surface area contributed by atoms with Crippen molar-refractivity contribution >= 4 is 50.2 Å². The molecule has 7 rings (SSSR count). The number of fused-ring (bicyclic) bond motifs is 2. The maximum Gasteiger partial charge on any atom is 0.332 e. The lowest BCUT2D eigenvalue weighted by atomic mass is 10.1. The Morgan fingerprint density at radius 1 is 1.10 bits per heavy atom. The molecule has 0 saturated carbocycles. The summed E-state index contributed by atoms with van der Waals surface area (Å²) >= 11 is 0. The zero-order valence-electron chi connectivity index (χ0n) is 27.5. The number of aromatic nitrogens is 3. The highest BCUT2D eigenvalue weighted by molar-refractivity contribution is 7.88. The maximum atomic E-state index is 14.1. The number of hydrogen-bond donors (Lipinski definition) is 3. The molecule has 270 valence electrons. The molecule has 2 aromatic heterocycles. The highest BCUT2D eigenvalue weighted by Gasteiger charge is 2.52. The number of aromatic amines is 1. The van der Waals surface area contributed by atoms with Crippen LogP contribution in [-0.4, -0.2) is 83.7 Å². The van der Waals surface area contributed by atoms with E-state index in [4.69, 9.17) is 15.2 Å². The van der Waals surface area contributed by atoms with Crippen LogP contribution in [0.25, 0.3) is 16.6 Å². The molecule has 0 spiro atoms. The predicted molar refractivity (Wildman–Crippen MR) is 182 cm³/mol. The Kier molecular flexibility index (Phi) is 8.66. The number of carbonyl (C=O) groups is 3. The number of ether oxygens (including phenoxy) is 2. The van der Waals surface area contributed by atoms with Gasteiger partial charge in [-0.05, 0) is 67.4 Å². The molecule has 2 aliphatic heterocycles. The van der Waals surface area contributed by atoms with Crippen molar-refractivity contribution in [1.29, 1.82) is 0 Å². The Hall–Kier alpha value is -5.88. The topological polar surface area (TPSA) is 182 Å². The van der Waals surface area contributed by atoms with Gasteiger partial charge < -0.3 is 25.1 Å². The van der Waals surface area contributed by atoms with Gasteiger partial charge in [0.25, 0.3) is 12.3 Å². The number of hydrogen-bond acceptors (Lipinski definition) is 9. The van der Waals surface area contributed by atoms with E-state index in [9.17, 15) is 36.0 Å². The van der Waals surface area contributed by atoms with Crippen LogP contribution in [0.3, 0.4) is 0 Å². The standard InChI is InChI=1S/C34H30F3N7O7S/c1-17-9-20(51-28-6-4-3-5-22(28)35)7-8-25(17)44-32(38)21(14-39-44)31(45)24-10-18-11-29(50-16-30(36)37)26(13-23(18)40-24)43-33(46)27-12-19(41-52(2,48)49)15-42(27)34(43)47/h3-11,13-14,19,27,30,40-41H,12,15-16,38H2,1-2H3/t19?,27-/m0/s1. The van der Waals surface area contributed by atoms with Crippen LogP contribution in [0.4, 0.5) is 29.5 Å². The van der Waals surface area contributed by atoms with Crippen LogP contribution >= 0.6 is 0 Å². The fraction of sp³-hybridized carbons (Fsp3) is 0.235. The van der Waals surface area contributed by atoms with Crippen molar-refractivity contribution in [3.63, 3.8) is 0 Å². The van der Waals surface area contributed by atoms with Crippen LogP contribution in [0.15, 0.2) is 66.9 Å². The molecule has 4 heterocycles. The number of sulfonamides is 1. The van der Waals surface area contributed by atoms with Gasteiger partial charge in [0.1, 0.15) is 30.0 Å². The number of nitrogen functional groups attached to an aromatic ring is 1. The number of rotatable bonds is 11. The highest BCUT2D eigenvalue weighted by Crippen LogP contribution is 2.40. The Labute approximate surface area is 293 Å². The number of amides is 3. The van der Waals surface area contributed by atoms with Crippen molar-refractivity contribution < 1.29 is 45.4 Å². The van der Waals surface area contributed by atoms with Gasteiger partial charge in [-0.1, -0.05) is 12.1 Å². The number of carbonyl (C=O) groups excluding carboxylic acids is 3. The third kappa shape index (κ3) is 6.41. The van der Waals surface area contributed by atoms with E-state index < -0.39 is 58.7 Å². The number of nitrogens with two attached hydrogens (primary N) is 1. The minimum atomic E-state index is -3.60. The van der Waals surface area contributed by atoms with E-state index in [1.807, 2.05) is 0 Å². The molecule has 0 radical (unpaired) electrons. The van der Waals surface area contributed by atoms with Crippen molar-refractivity contribution in [3.8, 4) is 22.9 Å². The fourth-order valence-corrected chi connectivity index (χ4v) is 7.21. The number of urea groups is 1. The molecular weight excluding hydrogens is 707 g/mol. The summed E-state index contributed by atoms with van der Waals surface area (Å²) in [5.41, 5.74) is 7.82. The molecule has 2 atom stereocenters. The summed E-state index contributed by atoms with van der Waals surface area (Å²) in [7, 11) is -3.60. The molecule has 3 aromatic carbocycles. The van der Waals surface area contributed by atoms with Crippen molar-refractivity contribution in [1.82, 2.24) is 24.4 Å². The smallest absolute Gasteiger partial charge is 0.332 e. The maximum absolute atomic E-state index is 14.1. The number of nitrogens with one attached hydrogen (secondary N) is 2. The van der Waals surface area contributed by atoms with Gasteiger partial charge >= 0.3 is 6.03 Å². The number of para-hydroxylation sites is 1. The van der Waals surface area contributed by atoms with E-state index in [0.29, 0.717) is 22.4 Å². The predicted octanol–water partition coefficient (Wildman–Crippen LogP) is 4.51. The Balaban J connectivity index is 1.17. The first-order chi connectivity index (χ1) is 24.7. The number of H-pyrrole nitrogens is 1. The molecule has 4 N–H and O–H groups in total. The third-order valence-electron chi connectivity index (χ3n) is 8.69. The third-order valence-corrected chi connectivity index (χ3v) is 9.45. The van der Waals surface area contributed by atoms with Crippen molar-refractivity contribution in [2.75, 3.05) is 30.0 Å². The minimum absolute atomic E-state index is 0.00805. The molecule has 14 nitrogen and oxygen atoms in total. The molecule has 52 heavy (non-hydrogen) atoms. The van der Waals surface area contributed by atoms with E-state index in [2.05, 4.69) is 14.8 Å². The zero-order chi connectivity index (χ0) is 37.1. The second-order valence-electron chi connectivity index (χ2n) is 12.4. The first kappa shape index (κ1) is 34.6. The molecule has 0 bridgehead atoms. The van der Waals surface area contributed by atoms with E-state index >= 15 is 0 Å². The lowest BCUT2D eigenvalue weighted by Crippen LogP contribution is -2.40. The molecule has 2 fully saturated rings. The number of halogens is 3. The number of alkyl halides is 2. The molecule has 2 aliphatic rings. The second kappa shape index (κ2) is 13.0.